The van der Waals surface area contributed by atoms with Crippen LogP contribution in [0, 0.1) is 0 Å². The predicted octanol–water partition coefficient (Wildman–Crippen LogP) is 2.67. The van der Waals surface area contributed by atoms with E-state index >= 15 is 0 Å². The minimum atomic E-state index is -0.327. The molecular formula is C15H14N2O3. The number of hydrogen-bond acceptors (Lipinski definition) is 4. The summed E-state index contributed by atoms with van der Waals surface area (Å²) in [6.07, 6.45) is 3.39. The second-order valence-electron chi connectivity index (χ2n) is 4.34. The Morgan fingerprint density at radius 2 is 2.25 bits per heavy atom. The number of ether oxygens (including phenoxy) is 2. The number of carbonyl (C=O) groups excluding carboxylic acids is 1. The average molecular weight is 270 g/mol. The summed E-state index contributed by atoms with van der Waals surface area (Å²) in [5.74, 6) is 0.385. The minimum Gasteiger partial charge on any atom is -0.494 e. The normalized spacial score (nSPS) is 10.9. The Morgan fingerprint density at radius 3 is 3.00 bits per heavy atom. The van der Waals surface area contributed by atoms with Gasteiger partial charge in [0.05, 0.1) is 31.1 Å². The van der Waals surface area contributed by atoms with Crippen LogP contribution in [0.1, 0.15) is 17.3 Å². The molecule has 0 fully saturated rings. The Labute approximate surface area is 115 Å². The summed E-state index contributed by atoms with van der Waals surface area (Å²) in [4.78, 5) is 16.2. The molecule has 0 aliphatic heterocycles. The van der Waals surface area contributed by atoms with Gasteiger partial charge < -0.3 is 13.9 Å². The van der Waals surface area contributed by atoms with Crippen molar-refractivity contribution in [1.82, 2.24) is 9.38 Å². The van der Waals surface area contributed by atoms with E-state index in [9.17, 15) is 4.79 Å². The van der Waals surface area contributed by atoms with Crippen LogP contribution in [0.3, 0.4) is 0 Å². The van der Waals surface area contributed by atoms with Crippen LogP contribution in [0.15, 0.2) is 36.8 Å². The van der Waals surface area contributed by atoms with Crippen molar-refractivity contribution in [3.05, 3.63) is 42.4 Å². The monoisotopic (exact) mass is 270 g/mol. The Bertz CT molecular complexity index is 792. The number of hydrogen-bond donors (Lipinski definition) is 0. The van der Waals surface area contributed by atoms with E-state index < -0.39 is 0 Å². The highest BCUT2D eigenvalue weighted by Gasteiger charge is 2.13. The zero-order valence-corrected chi connectivity index (χ0v) is 11.3. The lowest BCUT2D eigenvalue weighted by Gasteiger charge is -2.05. The minimum absolute atomic E-state index is 0.327. The number of carbonyl (C=O) groups is 1. The molecule has 2 heterocycles. The molecule has 0 unspecified atom stereocenters. The third-order valence-electron chi connectivity index (χ3n) is 3.17. The molecule has 3 aromatic rings. The van der Waals surface area contributed by atoms with Gasteiger partial charge in [-0.15, -0.1) is 0 Å². The van der Waals surface area contributed by atoms with E-state index in [1.165, 1.54) is 0 Å². The highest BCUT2D eigenvalue weighted by Crippen LogP contribution is 2.27. The number of aromatic nitrogens is 2. The van der Waals surface area contributed by atoms with Gasteiger partial charge in [-0.2, -0.15) is 0 Å². The van der Waals surface area contributed by atoms with Crippen LogP contribution < -0.4 is 4.74 Å². The Hall–Kier alpha value is -2.56. The lowest BCUT2D eigenvalue weighted by Crippen LogP contribution is -2.02. The van der Waals surface area contributed by atoms with Crippen molar-refractivity contribution >= 4 is 22.4 Å². The summed E-state index contributed by atoms with van der Waals surface area (Å²) >= 11 is 0. The number of fused-ring (bicyclic) bond motifs is 3. The average Bonchev–Trinajstić information content (AvgIpc) is 2.91. The molecule has 0 bridgehead atoms. The molecule has 0 N–H and O–H groups in total. The number of esters is 1. The van der Waals surface area contributed by atoms with Gasteiger partial charge in [0.15, 0.2) is 0 Å². The first-order chi connectivity index (χ1) is 9.74. The van der Waals surface area contributed by atoms with Crippen molar-refractivity contribution in [3.8, 4) is 5.75 Å². The highest BCUT2D eigenvalue weighted by atomic mass is 16.5. The molecule has 1 aromatic carbocycles. The van der Waals surface area contributed by atoms with Gasteiger partial charge in [0.2, 0.25) is 0 Å². The van der Waals surface area contributed by atoms with E-state index in [1.54, 1.807) is 32.6 Å². The van der Waals surface area contributed by atoms with Crippen LogP contribution in [0.25, 0.3) is 16.4 Å². The van der Waals surface area contributed by atoms with E-state index in [2.05, 4.69) is 4.98 Å². The van der Waals surface area contributed by atoms with Crippen molar-refractivity contribution in [3.63, 3.8) is 0 Å². The highest BCUT2D eigenvalue weighted by molar-refractivity contribution is 6.00. The van der Waals surface area contributed by atoms with Gasteiger partial charge in [0, 0.05) is 11.6 Å². The molecule has 0 saturated heterocycles. The number of para-hydroxylation sites is 1. The summed E-state index contributed by atoms with van der Waals surface area (Å²) in [5.41, 5.74) is 2.19. The smallest absolute Gasteiger partial charge is 0.339 e. The fraction of sp³-hybridized carbons (Fsp3) is 0.200. The molecule has 0 spiro atoms. The van der Waals surface area contributed by atoms with E-state index in [1.807, 2.05) is 22.6 Å². The van der Waals surface area contributed by atoms with Gasteiger partial charge >= 0.3 is 5.97 Å². The molecule has 20 heavy (non-hydrogen) atoms. The quantitative estimate of drug-likeness (QED) is 0.687. The maximum atomic E-state index is 11.8. The van der Waals surface area contributed by atoms with Gasteiger partial charge in [0.1, 0.15) is 11.3 Å². The third-order valence-corrected chi connectivity index (χ3v) is 3.17. The van der Waals surface area contributed by atoms with Gasteiger partial charge in [0.25, 0.3) is 0 Å². The number of nitrogens with zero attached hydrogens (tertiary/aromatic N) is 2. The Balaban J connectivity index is 2.24. The number of benzene rings is 1. The molecular weight excluding hydrogens is 256 g/mol. The molecule has 102 valence electrons. The van der Waals surface area contributed by atoms with E-state index in [0.717, 1.165) is 16.4 Å². The third kappa shape index (κ3) is 1.87. The van der Waals surface area contributed by atoms with Crippen LogP contribution in [-0.2, 0) is 4.74 Å². The molecule has 0 saturated carbocycles. The molecule has 5 nitrogen and oxygen atoms in total. The molecule has 5 heteroatoms. The lowest BCUT2D eigenvalue weighted by molar-refractivity contribution is 0.0526. The van der Waals surface area contributed by atoms with Crippen molar-refractivity contribution in [2.75, 3.05) is 13.7 Å². The van der Waals surface area contributed by atoms with Gasteiger partial charge in [-0.1, -0.05) is 12.1 Å². The Kier molecular flexibility index (Phi) is 3.02. The van der Waals surface area contributed by atoms with E-state index in [4.69, 9.17) is 9.47 Å². The lowest BCUT2D eigenvalue weighted by atomic mass is 10.2. The van der Waals surface area contributed by atoms with Crippen LogP contribution >= 0.6 is 0 Å². The second-order valence-corrected chi connectivity index (χ2v) is 4.34. The fourth-order valence-electron chi connectivity index (χ4n) is 2.26. The van der Waals surface area contributed by atoms with Crippen LogP contribution in [0.2, 0.25) is 0 Å². The number of methoxy groups -OCH3 is 1. The van der Waals surface area contributed by atoms with E-state index in [-0.39, 0.29) is 5.97 Å². The summed E-state index contributed by atoms with van der Waals surface area (Å²) in [7, 11) is 1.61. The van der Waals surface area contributed by atoms with Crippen molar-refractivity contribution in [2.24, 2.45) is 0 Å². The Morgan fingerprint density at radius 1 is 1.40 bits per heavy atom. The van der Waals surface area contributed by atoms with Crippen LogP contribution in [-0.4, -0.2) is 29.1 Å². The van der Waals surface area contributed by atoms with Crippen LogP contribution in [0.4, 0.5) is 0 Å². The van der Waals surface area contributed by atoms with E-state index in [0.29, 0.717) is 17.9 Å². The SMILES string of the molecule is CCOC(=O)c1cc2c3cccc(OC)c3ncn2c1. The first-order valence-electron chi connectivity index (χ1n) is 6.35. The summed E-state index contributed by atoms with van der Waals surface area (Å²) in [6.45, 7) is 2.15. The predicted molar refractivity (Wildman–Crippen MR) is 75.2 cm³/mol. The molecule has 3 rings (SSSR count). The first kappa shape index (κ1) is 12.5. The maximum absolute atomic E-state index is 11.8. The zero-order chi connectivity index (χ0) is 14.1. The van der Waals surface area contributed by atoms with Crippen molar-refractivity contribution < 1.29 is 14.3 Å². The molecule has 0 aliphatic rings. The maximum Gasteiger partial charge on any atom is 0.339 e. The fourth-order valence-corrected chi connectivity index (χ4v) is 2.26. The van der Waals surface area contributed by atoms with Gasteiger partial charge in [-0.25, -0.2) is 9.78 Å². The summed E-state index contributed by atoms with van der Waals surface area (Å²) < 4.78 is 12.1. The van der Waals surface area contributed by atoms with Gasteiger partial charge in [-0.05, 0) is 19.1 Å². The largest absolute Gasteiger partial charge is 0.494 e. The topological polar surface area (TPSA) is 52.8 Å². The number of rotatable bonds is 3. The molecule has 0 aliphatic carbocycles. The first-order valence-corrected chi connectivity index (χ1v) is 6.35. The van der Waals surface area contributed by atoms with Crippen molar-refractivity contribution in [2.45, 2.75) is 6.92 Å². The molecule has 2 aromatic heterocycles. The van der Waals surface area contributed by atoms with Gasteiger partial charge in [-0.3, -0.25) is 0 Å². The summed E-state index contributed by atoms with van der Waals surface area (Å²) in [5, 5.41) is 0.933. The standard InChI is InChI=1S/C15H14N2O3/c1-3-20-15(18)10-7-12-11-5-4-6-13(19-2)14(11)16-9-17(12)8-10/h4-9H,3H2,1-2H3. The van der Waals surface area contributed by atoms with Crippen LogP contribution in [0.5, 0.6) is 5.75 Å². The molecule has 0 atom stereocenters. The van der Waals surface area contributed by atoms with Crippen molar-refractivity contribution in [1.29, 1.82) is 0 Å². The molecule has 0 radical (unpaired) electrons. The summed E-state index contributed by atoms with van der Waals surface area (Å²) in [6, 6.07) is 7.53. The second kappa shape index (κ2) is 4.85. The molecule has 0 amide bonds. The zero-order valence-electron chi connectivity index (χ0n) is 11.3.